The molecule has 1 aromatic carbocycles. The normalized spacial score (nSPS) is 12.0. The second-order valence-corrected chi connectivity index (χ2v) is 5.03. The molecule has 0 amide bonds. The summed E-state index contributed by atoms with van der Waals surface area (Å²) in [4.78, 5) is 6.72. The molecular weight excluding hydrogens is 262 g/mol. The van der Waals surface area contributed by atoms with Gasteiger partial charge in [0.1, 0.15) is 11.6 Å². The zero-order valence-corrected chi connectivity index (χ0v) is 12.9. The Hall–Kier alpha value is -2.23. The summed E-state index contributed by atoms with van der Waals surface area (Å²) in [7, 11) is 0. The standard InChI is InChI=1S/C17H23N3O/c1-4-20(5-2)17-11-8-15(12-18-17)19-13(3)14-6-9-16(21)10-7-14/h6-13,19,21H,4-5H2,1-3H3. The minimum atomic E-state index is 0.159. The lowest BCUT2D eigenvalue weighted by molar-refractivity contribution is 0.475. The van der Waals surface area contributed by atoms with E-state index in [-0.39, 0.29) is 11.8 Å². The Balaban J connectivity index is 2.04. The Morgan fingerprint density at radius 3 is 2.29 bits per heavy atom. The summed E-state index contributed by atoms with van der Waals surface area (Å²) in [6, 6.07) is 11.5. The number of rotatable bonds is 6. The van der Waals surface area contributed by atoms with Gasteiger partial charge in [-0.15, -0.1) is 0 Å². The van der Waals surface area contributed by atoms with Crippen LogP contribution in [0.1, 0.15) is 32.4 Å². The minimum Gasteiger partial charge on any atom is -0.508 e. The third-order valence-corrected chi connectivity index (χ3v) is 3.61. The lowest BCUT2D eigenvalue weighted by Gasteiger charge is -2.20. The van der Waals surface area contributed by atoms with Gasteiger partial charge in [0.2, 0.25) is 0 Å². The maximum atomic E-state index is 9.32. The van der Waals surface area contributed by atoms with Gasteiger partial charge in [0, 0.05) is 19.1 Å². The van der Waals surface area contributed by atoms with Gasteiger partial charge in [0.25, 0.3) is 0 Å². The van der Waals surface area contributed by atoms with E-state index in [1.54, 1.807) is 12.1 Å². The molecule has 2 rings (SSSR count). The molecule has 4 heteroatoms. The highest BCUT2D eigenvalue weighted by molar-refractivity contribution is 5.50. The number of hydrogen-bond donors (Lipinski definition) is 2. The average Bonchev–Trinajstić information content (AvgIpc) is 2.51. The van der Waals surface area contributed by atoms with E-state index in [0.29, 0.717) is 0 Å². The molecule has 0 aliphatic heterocycles. The van der Waals surface area contributed by atoms with Gasteiger partial charge in [-0.05, 0) is 50.6 Å². The highest BCUT2D eigenvalue weighted by atomic mass is 16.3. The minimum absolute atomic E-state index is 0.159. The third-order valence-electron chi connectivity index (χ3n) is 3.61. The van der Waals surface area contributed by atoms with Gasteiger partial charge >= 0.3 is 0 Å². The fourth-order valence-electron chi connectivity index (χ4n) is 2.30. The van der Waals surface area contributed by atoms with E-state index < -0.39 is 0 Å². The van der Waals surface area contributed by atoms with Gasteiger partial charge in [0.15, 0.2) is 0 Å². The number of anilines is 2. The van der Waals surface area contributed by atoms with Crippen molar-refractivity contribution in [2.45, 2.75) is 26.8 Å². The van der Waals surface area contributed by atoms with E-state index in [4.69, 9.17) is 0 Å². The molecule has 2 aromatic rings. The van der Waals surface area contributed by atoms with Crippen LogP contribution in [0.3, 0.4) is 0 Å². The van der Waals surface area contributed by atoms with E-state index >= 15 is 0 Å². The number of benzene rings is 1. The van der Waals surface area contributed by atoms with Gasteiger partial charge in [0.05, 0.1) is 11.9 Å². The smallest absolute Gasteiger partial charge is 0.128 e. The second-order valence-electron chi connectivity index (χ2n) is 5.03. The van der Waals surface area contributed by atoms with Gasteiger partial charge in [-0.1, -0.05) is 12.1 Å². The predicted octanol–water partition coefficient (Wildman–Crippen LogP) is 3.81. The van der Waals surface area contributed by atoms with Crippen molar-refractivity contribution in [1.82, 2.24) is 4.98 Å². The van der Waals surface area contributed by atoms with Crippen molar-refractivity contribution >= 4 is 11.5 Å². The number of aromatic hydroxyl groups is 1. The monoisotopic (exact) mass is 285 g/mol. The van der Waals surface area contributed by atoms with Crippen molar-refractivity contribution in [1.29, 1.82) is 0 Å². The van der Waals surface area contributed by atoms with E-state index in [1.807, 2.05) is 24.4 Å². The number of phenolic OH excluding ortho intramolecular Hbond substituents is 1. The summed E-state index contributed by atoms with van der Waals surface area (Å²) in [6.45, 7) is 8.26. The summed E-state index contributed by atoms with van der Waals surface area (Å²) in [5.74, 6) is 1.29. The van der Waals surface area contributed by atoms with Crippen LogP contribution in [0.25, 0.3) is 0 Å². The molecule has 2 N–H and O–H groups in total. The van der Waals surface area contributed by atoms with E-state index in [9.17, 15) is 5.11 Å². The first-order chi connectivity index (χ1) is 10.1. The van der Waals surface area contributed by atoms with Gasteiger partial charge in [-0.3, -0.25) is 0 Å². The number of phenols is 1. The van der Waals surface area contributed by atoms with Crippen LogP contribution in [0.4, 0.5) is 11.5 Å². The van der Waals surface area contributed by atoms with E-state index in [1.165, 1.54) is 0 Å². The number of hydrogen-bond acceptors (Lipinski definition) is 4. The lowest BCUT2D eigenvalue weighted by atomic mass is 10.1. The number of pyridine rings is 1. The first kappa shape index (κ1) is 15.2. The summed E-state index contributed by atoms with van der Waals surface area (Å²) >= 11 is 0. The van der Waals surface area contributed by atoms with Crippen molar-refractivity contribution in [3.05, 3.63) is 48.2 Å². The quantitative estimate of drug-likeness (QED) is 0.847. The molecule has 0 saturated heterocycles. The lowest BCUT2D eigenvalue weighted by Crippen LogP contribution is -2.22. The molecule has 112 valence electrons. The average molecular weight is 285 g/mol. The molecule has 0 bridgehead atoms. The van der Waals surface area contributed by atoms with Crippen LogP contribution >= 0.6 is 0 Å². The van der Waals surface area contributed by atoms with E-state index in [2.05, 4.69) is 42.0 Å². The molecule has 1 unspecified atom stereocenters. The first-order valence-corrected chi connectivity index (χ1v) is 7.40. The Morgan fingerprint density at radius 1 is 1.10 bits per heavy atom. The Labute approximate surface area is 126 Å². The van der Waals surface area contributed by atoms with Crippen LogP contribution in [-0.2, 0) is 0 Å². The molecule has 0 saturated carbocycles. The molecule has 0 fully saturated rings. The van der Waals surface area contributed by atoms with Crippen LogP contribution in [0, 0.1) is 0 Å². The summed E-state index contributed by atoms with van der Waals surface area (Å²) in [6.07, 6.45) is 1.87. The largest absolute Gasteiger partial charge is 0.508 e. The maximum Gasteiger partial charge on any atom is 0.128 e. The Bertz CT molecular complexity index is 547. The molecule has 1 aromatic heterocycles. The summed E-state index contributed by atoms with van der Waals surface area (Å²) in [5.41, 5.74) is 2.12. The highest BCUT2D eigenvalue weighted by Crippen LogP contribution is 2.22. The highest BCUT2D eigenvalue weighted by Gasteiger charge is 2.07. The fraction of sp³-hybridized carbons (Fsp3) is 0.353. The first-order valence-electron chi connectivity index (χ1n) is 7.40. The molecule has 0 spiro atoms. The van der Waals surface area contributed by atoms with Crippen molar-refractivity contribution in [2.24, 2.45) is 0 Å². The number of aromatic nitrogens is 1. The van der Waals surface area contributed by atoms with Crippen molar-refractivity contribution in [3.63, 3.8) is 0 Å². The van der Waals surface area contributed by atoms with Crippen molar-refractivity contribution in [2.75, 3.05) is 23.3 Å². The summed E-state index contributed by atoms with van der Waals surface area (Å²) in [5, 5.41) is 12.7. The molecule has 1 heterocycles. The Morgan fingerprint density at radius 2 is 1.76 bits per heavy atom. The van der Waals surface area contributed by atoms with Crippen molar-refractivity contribution < 1.29 is 5.11 Å². The number of nitrogens with one attached hydrogen (secondary N) is 1. The molecule has 0 aliphatic carbocycles. The molecular formula is C17H23N3O. The van der Waals surface area contributed by atoms with Crippen LogP contribution in [-0.4, -0.2) is 23.2 Å². The van der Waals surface area contributed by atoms with Crippen molar-refractivity contribution in [3.8, 4) is 5.75 Å². The van der Waals surface area contributed by atoms with Crippen LogP contribution in [0.5, 0.6) is 5.75 Å². The van der Waals surface area contributed by atoms with Gasteiger partial charge < -0.3 is 15.3 Å². The predicted molar refractivity (Wildman–Crippen MR) is 87.9 cm³/mol. The maximum absolute atomic E-state index is 9.32. The SMILES string of the molecule is CCN(CC)c1ccc(NC(C)c2ccc(O)cc2)cn1. The molecule has 0 radical (unpaired) electrons. The second kappa shape index (κ2) is 6.97. The summed E-state index contributed by atoms with van der Waals surface area (Å²) < 4.78 is 0. The molecule has 4 nitrogen and oxygen atoms in total. The zero-order chi connectivity index (χ0) is 15.2. The molecule has 0 aliphatic rings. The van der Waals surface area contributed by atoms with E-state index in [0.717, 1.165) is 30.2 Å². The molecule has 1 atom stereocenters. The van der Waals surface area contributed by atoms with Gasteiger partial charge in [-0.25, -0.2) is 4.98 Å². The number of nitrogens with zero attached hydrogens (tertiary/aromatic N) is 2. The van der Waals surface area contributed by atoms with Crippen LogP contribution in [0.2, 0.25) is 0 Å². The zero-order valence-electron chi connectivity index (χ0n) is 12.9. The molecule has 21 heavy (non-hydrogen) atoms. The fourth-order valence-corrected chi connectivity index (χ4v) is 2.30. The van der Waals surface area contributed by atoms with Crippen LogP contribution < -0.4 is 10.2 Å². The third kappa shape index (κ3) is 3.88. The van der Waals surface area contributed by atoms with Crippen LogP contribution in [0.15, 0.2) is 42.6 Å². The topological polar surface area (TPSA) is 48.4 Å². The van der Waals surface area contributed by atoms with Gasteiger partial charge in [-0.2, -0.15) is 0 Å². The Kier molecular flexibility index (Phi) is 5.04.